The lowest BCUT2D eigenvalue weighted by Gasteiger charge is -2.10. The van der Waals surface area contributed by atoms with Crippen molar-refractivity contribution >= 4 is 21.7 Å². The van der Waals surface area contributed by atoms with Crippen LogP contribution in [0.4, 0.5) is 0 Å². The number of benzene rings is 1. The van der Waals surface area contributed by atoms with E-state index in [-0.39, 0.29) is 11.5 Å². The fourth-order valence-electron chi connectivity index (χ4n) is 2.35. The Balaban J connectivity index is 1.72. The van der Waals surface area contributed by atoms with E-state index in [1.54, 1.807) is 7.11 Å². The van der Waals surface area contributed by atoms with E-state index in [1.807, 2.05) is 24.3 Å². The molecule has 126 valence electrons. The summed E-state index contributed by atoms with van der Waals surface area (Å²) in [5, 5.41) is 4.97. The smallest absolute Gasteiger partial charge is 0.309 e. The van der Waals surface area contributed by atoms with Crippen LogP contribution in [0.3, 0.4) is 0 Å². The van der Waals surface area contributed by atoms with E-state index in [2.05, 4.69) is 10.6 Å². The van der Waals surface area contributed by atoms with Crippen LogP contribution in [-0.2, 0) is 25.8 Å². The van der Waals surface area contributed by atoms with Gasteiger partial charge in [0.15, 0.2) is 9.84 Å². The summed E-state index contributed by atoms with van der Waals surface area (Å²) < 4.78 is 27.7. The molecule has 1 aromatic rings. The van der Waals surface area contributed by atoms with Crippen LogP contribution in [0, 0.1) is 0 Å². The summed E-state index contributed by atoms with van der Waals surface area (Å²) in [5.74, 6) is -0.831. The van der Waals surface area contributed by atoms with Crippen molar-refractivity contribution in [1.29, 1.82) is 0 Å². The number of rotatable bonds is 5. The van der Waals surface area contributed by atoms with Gasteiger partial charge < -0.3 is 15.4 Å². The maximum atomic E-state index is 11.7. The molecule has 2 rings (SSSR count). The highest BCUT2D eigenvalue weighted by molar-refractivity contribution is 7.91. The van der Waals surface area contributed by atoms with Gasteiger partial charge in [-0.15, -0.1) is 0 Å². The SMILES string of the molecule is COc1ccc(CCNC(=O)C(=O)NC2CCS(=O)(=O)C2)cc1. The van der Waals surface area contributed by atoms with E-state index in [4.69, 9.17) is 4.74 Å². The Labute approximate surface area is 135 Å². The largest absolute Gasteiger partial charge is 0.497 e. The second kappa shape index (κ2) is 7.45. The first kappa shape index (κ1) is 17.3. The highest BCUT2D eigenvalue weighted by Gasteiger charge is 2.30. The second-order valence-electron chi connectivity index (χ2n) is 5.43. The third-order valence-electron chi connectivity index (χ3n) is 3.63. The van der Waals surface area contributed by atoms with Crippen LogP contribution in [0.2, 0.25) is 0 Å². The number of amides is 2. The molecule has 1 aliphatic heterocycles. The van der Waals surface area contributed by atoms with E-state index in [9.17, 15) is 18.0 Å². The minimum atomic E-state index is -3.08. The highest BCUT2D eigenvalue weighted by atomic mass is 32.2. The third-order valence-corrected chi connectivity index (χ3v) is 5.40. The first-order valence-corrected chi connectivity index (χ1v) is 9.14. The van der Waals surface area contributed by atoms with Crippen molar-refractivity contribution in [2.24, 2.45) is 0 Å². The number of sulfone groups is 1. The molecule has 8 heteroatoms. The molecule has 1 aromatic carbocycles. The molecule has 2 N–H and O–H groups in total. The van der Waals surface area contributed by atoms with Crippen molar-refractivity contribution in [1.82, 2.24) is 10.6 Å². The Bertz CT molecular complexity index is 670. The van der Waals surface area contributed by atoms with Crippen LogP contribution in [0.1, 0.15) is 12.0 Å². The summed E-state index contributed by atoms with van der Waals surface area (Å²) >= 11 is 0. The van der Waals surface area contributed by atoms with Crippen LogP contribution >= 0.6 is 0 Å². The quantitative estimate of drug-likeness (QED) is 0.714. The van der Waals surface area contributed by atoms with Gasteiger partial charge in [0.25, 0.3) is 0 Å². The summed E-state index contributed by atoms with van der Waals surface area (Å²) in [4.78, 5) is 23.4. The molecule has 0 radical (unpaired) electrons. The van der Waals surface area contributed by atoms with Crippen LogP contribution in [0.25, 0.3) is 0 Å². The van der Waals surface area contributed by atoms with Crippen molar-refractivity contribution in [2.45, 2.75) is 18.9 Å². The number of nitrogens with one attached hydrogen (secondary N) is 2. The Morgan fingerprint density at radius 2 is 1.91 bits per heavy atom. The molecule has 1 fully saturated rings. The predicted octanol–water partition coefficient (Wildman–Crippen LogP) is -0.343. The van der Waals surface area contributed by atoms with Gasteiger partial charge in [-0.05, 0) is 30.5 Å². The number of methoxy groups -OCH3 is 1. The monoisotopic (exact) mass is 340 g/mol. The molecular weight excluding hydrogens is 320 g/mol. The van der Waals surface area contributed by atoms with Crippen LogP contribution in [0.15, 0.2) is 24.3 Å². The molecule has 2 amide bonds. The van der Waals surface area contributed by atoms with E-state index < -0.39 is 27.7 Å². The third kappa shape index (κ3) is 5.24. The first-order chi connectivity index (χ1) is 10.9. The van der Waals surface area contributed by atoms with Crippen LogP contribution in [-0.4, -0.2) is 51.4 Å². The lowest BCUT2D eigenvalue weighted by atomic mass is 10.1. The molecule has 1 aliphatic rings. The Kier molecular flexibility index (Phi) is 5.59. The first-order valence-electron chi connectivity index (χ1n) is 7.31. The fraction of sp³-hybridized carbons (Fsp3) is 0.467. The molecule has 1 heterocycles. The Morgan fingerprint density at radius 1 is 1.22 bits per heavy atom. The standard InChI is InChI=1S/C15H20N2O5S/c1-22-13-4-2-11(3-5-13)6-8-16-14(18)15(19)17-12-7-9-23(20,21)10-12/h2-5,12H,6-10H2,1H3,(H,16,18)(H,17,19). The van der Waals surface area contributed by atoms with Gasteiger partial charge in [0.05, 0.1) is 18.6 Å². The Hall–Kier alpha value is -2.09. The molecule has 23 heavy (non-hydrogen) atoms. The maximum Gasteiger partial charge on any atom is 0.309 e. The van der Waals surface area contributed by atoms with E-state index in [0.717, 1.165) is 11.3 Å². The molecule has 7 nitrogen and oxygen atoms in total. The van der Waals surface area contributed by atoms with Crippen LogP contribution < -0.4 is 15.4 Å². The van der Waals surface area contributed by atoms with Crippen molar-refractivity contribution in [3.63, 3.8) is 0 Å². The zero-order chi connectivity index (χ0) is 16.9. The van der Waals surface area contributed by atoms with Crippen LogP contribution in [0.5, 0.6) is 5.75 Å². The molecular formula is C15H20N2O5S. The van der Waals surface area contributed by atoms with Gasteiger partial charge in [0.2, 0.25) is 0 Å². The number of carbonyl (C=O) groups is 2. The lowest BCUT2D eigenvalue weighted by molar-refractivity contribution is -0.139. The second-order valence-corrected chi connectivity index (χ2v) is 7.66. The number of hydrogen-bond acceptors (Lipinski definition) is 5. The minimum absolute atomic E-state index is 0.0526. The van der Waals surface area contributed by atoms with Gasteiger partial charge in [-0.2, -0.15) is 0 Å². The van der Waals surface area contributed by atoms with E-state index in [0.29, 0.717) is 19.4 Å². The molecule has 1 unspecified atom stereocenters. The summed E-state index contributed by atoms with van der Waals surface area (Å²) in [6.45, 7) is 0.321. The molecule has 1 atom stereocenters. The summed E-state index contributed by atoms with van der Waals surface area (Å²) in [5.41, 5.74) is 1.01. The average molecular weight is 340 g/mol. The van der Waals surface area contributed by atoms with Gasteiger partial charge in [0.1, 0.15) is 5.75 Å². The van der Waals surface area contributed by atoms with Crippen molar-refractivity contribution in [3.05, 3.63) is 29.8 Å². The number of carbonyl (C=O) groups excluding carboxylic acids is 2. The molecule has 0 saturated carbocycles. The minimum Gasteiger partial charge on any atom is -0.497 e. The topological polar surface area (TPSA) is 102 Å². The predicted molar refractivity (Wildman–Crippen MR) is 84.9 cm³/mol. The number of ether oxygens (including phenoxy) is 1. The van der Waals surface area contributed by atoms with Gasteiger partial charge in [-0.3, -0.25) is 9.59 Å². The zero-order valence-corrected chi connectivity index (χ0v) is 13.7. The zero-order valence-electron chi connectivity index (χ0n) is 12.9. The fourth-order valence-corrected chi connectivity index (χ4v) is 4.03. The molecule has 0 bridgehead atoms. The van der Waals surface area contributed by atoms with Gasteiger partial charge in [-0.25, -0.2) is 8.42 Å². The lowest BCUT2D eigenvalue weighted by Crippen LogP contribution is -2.45. The van der Waals surface area contributed by atoms with Gasteiger partial charge >= 0.3 is 11.8 Å². The normalized spacial score (nSPS) is 19.1. The van der Waals surface area contributed by atoms with Gasteiger partial charge in [-0.1, -0.05) is 12.1 Å². The Morgan fingerprint density at radius 3 is 2.48 bits per heavy atom. The molecule has 0 aromatic heterocycles. The molecule has 0 aliphatic carbocycles. The molecule has 1 saturated heterocycles. The molecule has 0 spiro atoms. The van der Waals surface area contributed by atoms with Crippen molar-refractivity contribution in [2.75, 3.05) is 25.2 Å². The van der Waals surface area contributed by atoms with Gasteiger partial charge in [0, 0.05) is 12.6 Å². The summed E-state index contributed by atoms with van der Waals surface area (Å²) in [6, 6.07) is 6.94. The number of hydrogen-bond donors (Lipinski definition) is 2. The average Bonchev–Trinajstić information content (AvgIpc) is 2.86. The highest BCUT2D eigenvalue weighted by Crippen LogP contribution is 2.12. The van der Waals surface area contributed by atoms with E-state index in [1.165, 1.54) is 0 Å². The summed E-state index contributed by atoms with van der Waals surface area (Å²) in [7, 11) is -1.50. The summed E-state index contributed by atoms with van der Waals surface area (Å²) in [6.07, 6.45) is 0.939. The van der Waals surface area contributed by atoms with E-state index >= 15 is 0 Å². The van der Waals surface area contributed by atoms with Crippen molar-refractivity contribution in [3.8, 4) is 5.75 Å². The maximum absolute atomic E-state index is 11.7. The van der Waals surface area contributed by atoms with Crippen molar-refractivity contribution < 1.29 is 22.7 Å².